The fraction of sp³-hybridized carbons (Fsp3) is 0.200. The molecule has 1 amide bonds. The molecule has 0 atom stereocenters. The van der Waals surface area contributed by atoms with E-state index in [0.717, 1.165) is 12.1 Å². The largest absolute Gasteiger partial charge is 0.370 e. The number of hydrogen-bond acceptors (Lipinski definition) is 3. The molecule has 0 radical (unpaired) electrons. The molecule has 2 rings (SSSR count). The van der Waals surface area contributed by atoms with E-state index in [4.69, 9.17) is 11.6 Å². The summed E-state index contributed by atoms with van der Waals surface area (Å²) in [5, 5.41) is 6.56. The zero-order chi connectivity index (χ0) is 14.5. The normalized spacial score (nSPS) is 10.2. The monoisotopic (exact) mass is 289 g/mol. The van der Waals surface area contributed by atoms with Crippen molar-refractivity contribution in [2.75, 3.05) is 17.2 Å². The summed E-state index contributed by atoms with van der Waals surface area (Å²) in [6.45, 7) is 4.60. The Kier molecular flexibility index (Phi) is 4.58. The number of carbonyl (C=O) groups is 1. The summed E-state index contributed by atoms with van der Waals surface area (Å²) in [6, 6.07) is 8.82. The molecule has 0 fully saturated rings. The molecule has 2 aromatic rings. The van der Waals surface area contributed by atoms with Gasteiger partial charge in [0.2, 0.25) is 0 Å². The fourth-order valence-electron chi connectivity index (χ4n) is 1.79. The molecule has 104 valence electrons. The van der Waals surface area contributed by atoms with Gasteiger partial charge < -0.3 is 10.6 Å². The number of nitrogens with one attached hydrogen (secondary N) is 2. The zero-order valence-electron chi connectivity index (χ0n) is 11.4. The van der Waals surface area contributed by atoms with Gasteiger partial charge in [-0.2, -0.15) is 0 Å². The van der Waals surface area contributed by atoms with Crippen molar-refractivity contribution in [2.45, 2.75) is 13.8 Å². The number of hydrogen-bond donors (Lipinski definition) is 2. The Morgan fingerprint density at radius 2 is 2.15 bits per heavy atom. The zero-order valence-corrected chi connectivity index (χ0v) is 12.2. The van der Waals surface area contributed by atoms with Gasteiger partial charge in [-0.05, 0) is 43.7 Å². The number of carbonyl (C=O) groups excluding carboxylic acids is 1. The molecule has 0 unspecified atom stereocenters. The van der Waals surface area contributed by atoms with Gasteiger partial charge in [0.05, 0.1) is 0 Å². The van der Waals surface area contributed by atoms with Crippen LogP contribution in [0.1, 0.15) is 22.8 Å². The van der Waals surface area contributed by atoms with Crippen LogP contribution in [0.15, 0.2) is 36.5 Å². The quantitative estimate of drug-likeness (QED) is 0.902. The van der Waals surface area contributed by atoms with Crippen LogP contribution >= 0.6 is 11.6 Å². The summed E-state index contributed by atoms with van der Waals surface area (Å²) in [7, 11) is 0. The highest BCUT2D eigenvalue weighted by molar-refractivity contribution is 6.31. The third kappa shape index (κ3) is 3.27. The Bertz CT molecular complexity index is 628. The van der Waals surface area contributed by atoms with E-state index in [9.17, 15) is 4.79 Å². The van der Waals surface area contributed by atoms with Gasteiger partial charge in [-0.1, -0.05) is 17.7 Å². The molecule has 1 aromatic carbocycles. The molecule has 0 saturated carbocycles. The highest BCUT2D eigenvalue weighted by Gasteiger charge is 2.09. The van der Waals surface area contributed by atoms with Crippen LogP contribution in [0, 0.1) is 6.92 Å². The highest BCUT2D eigenvalue weighted by Crippen LogP contribution is 2.23. The maximum atomic E-state index is 12.2. The van der Waals surface area contributed by atoms with Gasteiger partial charge in [0, 0.05) is 29.0 Å². The summed E-state index contributed by atoms with van der Waals surface area (Å²) in [6.07, 6.45) is 1.61. The summed E-state index contributed by atoms with van der Waals surface area (Å²) in [5.41, 5.74) is 2.11. The van der Waals surface area contributed by atoms with Gasteiger partial charge in [-0.3, -0.25) is 4.79 Å². The third-order valence-corrected chi connectivity index (χ3v) is 3.31. The van der Waals surface area contributed by atoms with Crippen molar-refractivity contribution in [2.24, 2.45) is 0 Å². The first-order valence-electron chi connectivity index (χ1n) is 6.38. The minimum Gasteiger partial charge on any atom is -0.370 e. The summed E-state index contributed by atoms with van der Waals surface area (Å²) < 4.78 is 0. The molecule has 5 heteroatoms. The Labute approximate surface area is 123 Å². The molecule has 20 heavy (non-hydrogen) atoms. The number of halogens is 1. The van der Waals surface area contributed by atoms with Gasteiger partial charge in [0.1, 0.15) is 5.82 Å². The van der Waals surface area contributed by atoms with Crippen molar-refractivity contribution in [1.29, 1.82) is 0 Å². The second kappa shape index (κ2) is 6.39. The Morgan fingerprint density at radius 3 is 2.90 bits per heavy atom. The lowest BCUT2D eigenvalue weighted by Gasteiger charge is -2.10. The maximum absolute atomic E-state index is 12.2. The van der Waals surface area contributed by atoms with E-state index < -0.39 is 0 Å². The van der Waals surface area contributed by atoms with Crippen molar-refractivity contribution in [1.82, 2.24) is 4.98 Å². The third-order valence-electron chi connectivity index (χ3n) is 2.90. The van der Waals surface area contributed by atoms with Crippen molar-refractivity contribution in [3.63, 3.8) is 0 Å². The number of rotatable bonds is 4. The second-order valence-corrected chi connectivity index (χ2v) is 4.73. The van der Waals surface area contributed by atoms with Crippen molar-refractivity contribution in [3.8, 4) is 0 Å². The van der Waals surface area contributed by atoms with Crippen LogP contribution in [0.4, 0.5) is 11.5 Å². The number of amides is 1. The van der Waals surface area contributed by atoms with E-state index >= 15 is 0 Å². The first-order chi connectivity index (χ1) is 9.61. The molecule has 0 spiro atoms. The fourth-order valence-corrected chi connectivity index (χ4v) is 1.96. The van der Waals surface area contributed by atoms with Gasteiger partial charge in [-0.25, -0.2) is 4.98 Å². The summed E-state index contributed by atoms with van der Waals surface area (Å²) in [4.78, 5) is 16.4. The van der Waals surface area contributed by atoms with E-state index in [1.54, 1.807) is 24.4 Å². The first kappa shape index (κ1) is 14.3. The van der Waals surface area contributed by atoms with Gasteiger partial charge in [-0.15, -0.1) is 0 Å². The number of pyridine rings is 1. The molecular formula is C15H16ClN3O. The average Bonchev–Trinajstić information content (AvgIpc) is 2.44. The average molecular weight is 290 g/mol. The topological polar surface area (TPSA) is 54.0 Å². The molecule has 1 heterocycles. The van der Waals surface area contributed by atoms with Gasteiger partial charge >= 0.3 is 0 Å². The predicted molar refractivity (Wildman–Crippen MR) is 82.5 cm³/mol. The van der Waals surface area contributed by atoms with E-state index in [1.807, 2.05) is 26.0 Å². The molecule has 4 nitrogen and oxygen atoms in total. The van der Waals surface area contributed by atoms with Crippen LogP contribution in [0.5, 0.6) is 0 Å². The van der Waals surface area contributed by atoms with Crippen LogP contribution in [-0.4, -0.2) is 17.4 Å². The Morgan fingerprint density at radius 1 is 1.35 bits per heavy atom. The highest BCUT2D eigenvalue weighted by atomic mass is 35.5. The van der Waals surface area contributed by atoms with Gasteiger partial charge in [0.25, 0.3) is 5.91 Å². The molecule has 0 bridgehead atoms. The molecule has 2 N–H and O–H groups in total. The summed E-state index contributed by atoms with van der Waals surface area (Å²) in [5.74, 6) is 0.500. The number of benzene rings is 1. The molecule has 0 aliphatic carbocycles. The van der Waals surface area contributed by atoms with Gasteiger partial charge in [0.15, 0.2) is 0 Å². The molecular weight excluding hydrogens is 274 g/mol. The Balaban J connectivity index is 2.19. The predicted octanol–water partition coefficient (Wildman–Crippen LogP) is 3.73. The SMILES string of the molecule is CCNc1cc(C(=O)Nc2cccc(Cl)c2C)ccn1. The molecule has 1 aromatic heterocycles. The van der Waals surface area contributed by atoms with Crippen molar-refractivity contribution >= 4 is 29.0 Å². The van der Waals surface area contributed by atoms with E-state index in [2.05, 4.69) is 15.6 Å². The first-order valence-corrected chi connectivity index (χ1v) is 6.76. The smallest absolute Gasteiger partial charge is 0.255 e. The van der Waals surface area contributed by atoms with Crippen molar-refractivity contribution in [3.05, 3.63) is 52.7 Å². The summed E-state index contributed by atoms with van der Waals surface area (Å²) >= 11 is 6.04. The van der Waals surface area contributed by atoms with E-state index in [0.29, 0.717) is 22.1 Å². The number of nitrogens with zero attached hydrogens (tertiary/aromatic N) is 1. The van der Waals surface area contributed by atoms with E-state index in [-0.39, 0.29) is 5.91 Å². The van der Waals surface area contributed by atoms with Crippen LogP contribution in [-0.2, 0) is 0 Å². The van der Waals surface area contributed by atoms with E-state index in [1.165, 1.54) is 0 Å². The lowest BCUT2D eigenvalue weighted by molar-refractivity contribution is 0.102. The van der Waals surface area contributed by atoms with Crippen LogP contribution in [0.25, 0.3) is 0 Å². The van der Waals surface area contributed by atoms with Crippen LogP contribution in [0.3, 0.4) is 0 Å². The lowest BCUT2D eigenvalue weighted by Crippen LogP contribution is -2.13. The lowest BCUT2D eigenvalue weighted by atomic mass is 10.2. The molecule has 0 aliphatic rings. The number of anilines is 2. The second-order valence-electron chi connectivity index (χ2n) is 4.33. The minimum absolute atomic E-state index is 0.183. The molecule has 0 saturated heterocycles. The standard InChI is InChI=1S/C15H16ClN3O/c1-3-17-14-9-11(7-8-18-14)15(20)19-13-6-4-5-12(16)10(13)2/h4-9H,3H2,1-2H3,(H,17,18)(H,19,20). The molecule has 0 aliphatic heterocycles. The van der Waals surface area contributed by atoms with Crippen molar-refractivity contribution < 1.29 is 4.79 Å². The maximum Gasteiger partial charge on any atom is 0.255 e. The minimum atomic E-state index is -0.183. The van der Waals surface area contributed by atoms with Crippen LogP contribution in [0.2, 0.25) is 5.02 Å². The van der Waals surface area contributed by atoms with Crippen LogP contribution < -0.4 is 10.6 Å². The number of aromatic nitrogens is 1. The Hall–Kier alpha value is -2.07.